The van der Waals surface area contributed by atoms with Crippen LogP contribution in [0.4, 0.5) is 4.39 Å². The minimum atomic E-state index is -0.674. The van der Waals surface area contributed by atoms with Crippen LogP contribution in [0.1, 0.15) is 28.9 Å². The Kier molecular flexibility index (Phi) is 4.97. The lowest BCUT2D eigenvalue weighted by Crippen LogP contribution is -2.45. The lowest BCUT2D eigenvalue weighted by Gasteiger charge is -2.27. The molecule has 9 heteroatoms. The zero-order valence-corrected chi connectivity index (χ0v) is 17.8. The molecule has 0 spiro atoms. The summed E-state index contributed by atoms with van der Waals surface area (Å²) in [6, 6.07) is 11.0. The number of nitrogens with zero attached hydrogens (tertiary/aromatic N) is 3. The molecule has 2 aromatic carbocycles. The van der Waals surface area contributed by atoms with Gasteiger partial charge in [-0.25, -0.2) is 4.39 Å². The molecule has 0 bridgehead atoms. The van der Waals surface area contributed by atoms with Crippen LogP contribution in [-0.4, -0.2) is 44.4 Å². The number of likely N-dealkylation sites (tertiary alicyclic amines) is 1. The normalized spacial score (nSPS) is 21.6. The summed E-state index contributed by atoms with van der Waals surface area (Å²) < 4.78 is 15.7. The van der Waals surface area contributed by atoms with Crippen molar-refractivity contribution < 1.29 is 18.8 Å². The lowest BCUT2D eigenvalue weighted by atomic mass is 10.00. The van der Waals surface area contributed by atoms with Gasteiger partial charge in [0.25, 0.3) is 5.91 Å². The molecule has 3 aromatic rings. The Morgan fingerprint density at radius 3 is 2.69 bits per heavy atom. The Hall–Kier alpha value is -3.26. The number of benzene rings is 2. The first kappa shape index (κ1) is 20.6. The van der Waals surface area contributed by atoms with Gasteiger partial charge in [-0.05, 0) is 36.5 Å². The van der Waals surface area contributed by atoms with Crippen LogP contribution in [0.2, 0.25) is 5.02 Å². The quantitative estimate of drug-likeness (QED) is 0.619. The van der Waals surface area contributed by atoms with Gasteiger partial charge in [0.2, 0.25) is 5.91 Å². The van der Waals surface area contributed by atoms with E-state index in [4.69, 9.17) is 17.3 Å². The van der Waals surface area contributed by atoms with E-state index in [2.05, 4.69) is 5.10 Å². The number of ketones is 1. The number of fused-ring (bicyclic) bond motifs is 2. The van der Waals surface area contributed by atoms with Gasteiger partial charge in [0, 0.05) is 17.8 Å². The number of halogens is 2. The second-order valence-corrected chi connectivity index (χ2v) is 8.77. The molecule has 2 aliphatic rings. The number of nitrogens with two attached hydrogens (primary N) is 1. The summed E-state index contributed by atoms with van der Waals surface area (Å²) in [7, 11) is 0. The van der Waals surface area contributed by atoms with Crippen molar-refractivity contribution in [1.29, 1.82) is 0 Å². The Bertz CT molecular complexity index is 1270. The van der Waals surface area contributed by atoms with Gasteiger partial charge in [-0.1, -0.05) is 41.9 Å². The van der Waals surface area contributed by atoms with E-state index < -0.39 is 17.8 Å². The third-order valence-corrected chi connectivity index (χ3v) is 6.63. The predicted molar refractivity (Wildman–Crippen MR) is 116 cm³/mol. The minimum Gasteiger partial charge on any atom is -0.364 e. The van der Waals surface area contributed by atoms with Crippen LogP contribution in [-0.2, 0) is 22.6 Å². The van der Waals surface area contributed by atoms with Gasteiger partial charge in [-0.15, -0.1) is 0 Å². The monoisotopic (exact) mass is 454 g/mol. The molecule has 2 heterocycles. The zero-order valence-electron chi connectivity index (χ0n) is 17.0. The maximum absolute atomic E-state index is 14.3. The fourth-order valence-corrected chi connectivity index (χ4v) is 4.93. The van der Waals surface area contributed by atoms with Crippen molar-refractivity contribution in [3.05, 3.63) is 64.6 Å². The Morgan fingerprint density at radius 2 is 1.91 bits per heavy atom. The second-order valence-electron chi connectivity index (χ2n) is 8.36. The number of aromatic nitrogens is 2. The molecule has 1 aromatic heterocycles. The number of piperidine rings is 1. The topological polar surface area (TPSA) is 98.3 Å². The number of primary amides is 1. The van der Waals surface area contributed by atoms with E-state index in [1.165, 1.54) is 16.8 Å². The van der Waals surface area contributed by atoms with Crippen molar-refractivity contribution in [1.82, 2.24) is 14.7 Å². The van der Waals surface area contributed by atoms with E-state index in [1.54, 1.807) is 35.2 Å². The van der Waals surface area contributed by atoms with Gasteiger partial charge >= 0.3 is 0 Å². The van der Waals surface area contributed by atoms with Gasteiger partial charge < -0.3 is 10.6 Å². The summed E-state index contributed by atoms with van der Waals surface area (Å²) in [5, 5.41) is 4.78. The molecule has 2 N–H and O–H groups in total. The molecule has 164 valence electrons. The molecular formula is C23H20ClFN4O3. The third kappa shape index (κ3) is 3.44. The van der Waals surface area contributed by atoms with Crippen molar-refractivity contribution in [2.75, 3.05) is 0 Å². The summed E-state index contributed by atoms with van der Waals surface area (Å²) in [5.41, 5.74) is 6.38. The van der Waals surface area contributed by atoms with Gasteiger partial charge in [0.05, 0.1) is 16.6 Å². The molecule has 32 heavy (non-hydrogen) atoms. The molecule has 5 rings (SSSR count). The summed E-state index contributed by atoms with van der Waals surface area (Å²) in [6.45, 7) is -0.119. The largest absolute Gasteiger partial charge is 0.364 e. The van der Waals surface area contributed by atoms with Crippen LogP contribution in [0.25, 0.3) is 10.9 Å². The molecule has 0 radical (unpaired) electrons. The van der Waals surface area contributed by atoms with Crippen molar-refractivity contribution in [2.24, 2.45) is 11.7 Å². The standard InChI is InChI=1S/C23H20ClFN4O3/c24-15-6-3-4-12(21(15)25)10-19(30)18-9-13-8-17(13)29(18)20(31)11-28-16-7-2-1-5-14(16)22(27-28)23(26)32/h1-7,13,17-18H,8-11H2,(H2,26,32)/t13-,17-,18+/m1/s1. The van der Waals surface area contributed by atoms with Gasteiger partial charge in [0.15, 0.2) is 11.5 Å². The predicted octanol–water partition coefficient (Wildman–Crippen LogP) is 2.73. The fourth-order valence-electron chi connectivity index (χ4n) is 4.73. The summed E-state index contributed by atoms with van der Waals surface area (Å²) in [4.78, 5) is 39.7. The highest BCUT2D eigenvalue weighted by Crippen LogP contribution is 2.48. The van der Waals surface area contributed by atoms with Crippen LogP contribution >= 0.6 is 11.6 Å². The fraction of sp³-hybridized carbons (Fsp3) is 0.304. The summed E-state index contributed by atoms with van der Waals surface area (Å²) >= 11 is 5.84. The molecule has 1 saturated carbocycles. The molecule has 7 nitrogen and oxygen atoms in total. The van der Waals surface area contributed by atoms with Gasteiger partial charge in [-0.3, -0.25) is 19.1 Å². The first-order valence-electron chi connectivity index (χ1n) is 10.4. The lowest BCUT2D eigenvalue weighted by molar-refractivity contribution is -0.139. The van der Waals surface area contributed by atoms with Gasteiger partial charge in [-0.2, -0.15) is 5.10 Å². The molecule has 1 aliphatic carbocycles. The number of hydrogen-bond donors (Lipinski definition) is 1. The third-order valence-electron chi connectivity index (χ3n) is 6.34. The van der Waals surface area contributed by atoms with E-state index in [0.717, 1.165) is 6.42 Å². The first-order chi connectivity index (χ1) is 15.3. The number of rotatable bonds is 6. The van der Waals surface area contributed by atoms with Crippen molar-refractivity contribution >= 4 is 40.1 Å². The molecular weight excluding hydrogens is 435 g/mol. The first-order valence-corrected chi connectivity index (χ1v) is 10.7. The van der Waals surface area contributed by atoms with Crippen LogP contribution < -0.4 is 5.73 Å². The maximum atomic E-state index is 14.3. The Labute approximate surface area is 187 Å². The van der Waals surface area contributed by atoms with E-state index >= 15 is 0 Å². The zero-order chi connectivity index (χ0) is 22.6. The van der Waals surface area contributed by atoms with Crippen LogP contribution in [0.5, 0.6) is 0 Å². The molecule has 2 amide bonds. The molecule has 2 fully saturated rings. The highest BCUT2D eigenvalue weighted by atomic mass is 35.5. The number of carbonyl (C=O) groups is 3. The minimum absolute atomic E-state index is 0.0121. The molecule has 1 saturated heterocycles. The van der Waals surface area contributed by atoms with E-state index in [-0.39, 0.29) is 52.9 Å². The van der Waals surface area contributed by atoms with Crippen LogP contribution in [0, 0.1) is 11.7 Å². The average Bonchev–Trinajstić information content (AvgIpc) is 3.27. The van der Waals surface area contributed by atoms with Crippen molar-refractivity contribution in [3.8, 4) is 0 Å². The molecule has 1 aliphatic heterocycles. The Balaban J connectivity index is 1.39. The number of hydrogen-bond acceptors (Lipinski definition) is 4. The maximum Gasteiger partial charge on any atom is 0.269 e. The molecule has 0 unspecified atom stereocenters. The SMILES string of the molecule is NC(=O)c1nn(CC(=O)N2[C@@H]3C[C@@H]3C[C@H]2C(=O)Cc2cccc(Cl)c2F)c2ccccc12. The number of para-hydroxylation sites is 1. The highest BCUT2D eigenvalue weighted by Gasteiger charge is 2.55. The molecule has 3 atom stereocenters. The number of carbonyl (C=O) groups excluding carboxylic acids is 3. The van der Waals surface area contributed by atoms with Crippen molar-refractivity contribution in [2.45, 2.75) is 37.9 Å². The smallest absolute Gasteiger partial charge is 0.269 e. The summed E-state index contributed by atoms with van der Waals surface area (Å²) in [5.74, 6) is -1.47. The number of Topliss-reactive ketones (excluding diaryl/α,β-unsaturated/α-hetero) is 1. The van der Waals surface area contributed by atoms with E-state index in [0.29, 0.717) is 17.3 Å². The van der Waals surface area contributed by atoms with Gasteiger partial charge in [0.1, 0.15) is 12.4 Å². The second kappa shape index (κ2) is 7.70. The van der Waals surface area contributed by atoms with Crippen molar-refractivity contribution in [3.63, 3.8) is 0 Å². The van der Waals surface area contributed by atoms with E-state index in [1.807, 2.05) is 0 Å². The van der Waals surface area contributed by atoms with E-state index in [9.17, 15) is 18.8 Å². The number of amides is 2. The summed E-state index contributed by atoms with van der Waals surface area (Å²) in [6.07, 6.45) is 1.30. The average molecular weight is 455 g/mol. The Morgan fingerprint density at radius 1 is 1.12 bits per heavy atom. The van der Waals surface area contributed by atoms with Crippen LogP contribution in [0.3, 0.4) is 0 Å². The highest BCUT2D eigenvalue weighted by molar-refractivity contribution is 6.30. The van der Waals surface area contributed by atoms with Crippen LogP contribution in [0.15, 0.2) is 42.5 Å².